The summed E-state index contributed by atoms with van der Waals surface area (Å²) in [7, 11) is 0. The molecule has 0 amide bonds. The molecule has 2 aliphatic rings. The maximum absolute atomic E-state index is 14.0. The third-order valence-electron chi connectivity index (χ3n) is 5.61. The van der Waals surface area contributed by atoms with E-state index < -0.39 is 17.4 Å². The smallest absolute Gasteiger partial charge is 0.200 e. The molecule has 1 aromatic rings. The molecule has 2 fully saturated rings. The lowest BCUT2D eigenvalue weighted by Crippen LogP contribution is -2.37. The van der Waals surface area contributed by atoms with Crippen molar-refractivity contribution in [1.82, 2.24) is 0 Å². The van der Waals surface area contributed by atoms with E-state index in [1.807, 2.05) is 0 Å². The molecule has 2 aliphatic carbocycles. The van der Waals surface area contributed by atoms with Crippen LogP contribution >= 0.6 is 0 Å². The molecular formula is C16H20F2O2. The average Bonchev–Trinajstić information content (AvgIpc) is 2.72. The van der Waals surface area contributed by atoms with E-state index in [1.54, 1.807) is 0 Å². The topological polar surface area (TPSA) is 40.5 Å². The number of hydrogen-bond acceptors (Lipinski definition) is 2. The number of fused-ring (bicyclic) bond motifs is 1. The summed E-state index contributed by atoms with van der Waals surface area (Å²) in [5.41, 5.74) is 0.298. The van der Waals surface area contributed by atoms with Gasteiger partial charge in [0.25, 0.3) is 0 Å². The first-order valence-corrected chi connectivity index (χ1v) is 7.28. The van der Waals surface area contributed by atoms with Crippen LogP contribution in [0.3, 0.4) is 0 Å². The van der Waals surface area contributed by atoms with Gasteiger partial charge in [0.15, 0.2) is 11.6 Å². The van der Waals surface area contributed by atoms with Crippen LogP contribution in [0.4, 0.5) is 8.78 Å². The molecule has 0 radical (unpaired) electrons. The Kier molecular flexibility index (Phi) is 3.24. The van der Waals surface area contributed by atoms with E-state index in [0.29, 0.717) is 11.5 Å². The first kappa shape index (κ1) is 13.8. The summed E-state index contributed by atoms with van der Waals surface area (Å²) in [6.45, 7) is 2.11. The second-order valence-corrected chi connectivity index (χ2v) is 6.57. The van der Waals surface area contributed by atoms with Crippen molar-refractivity contribution in [1.29, 1.82) is 0 Å². The molecule has 2 saturated carbocycles. The van der Waals surface area contributed by atoms with Crippen LogP contribution < -0.4 is 0 Å². The number of aliphatic hydroxyl groups is 1. The second kappa shape index (κ2) is 4.69. The Labute approximate surface area is 117 Å². The first-order chi connectivity index (χ1) is 9.43. The van der Waals surface area contributed by atoms with E-state index in [4.69, 9.17) is 0 Å². The third-order valence-corrected chi connectivity index (χ3v) is 5.61. The van der Waals surface area contributed by atoms with Crippen molar-refractivity contribution in [3.05, 3.63) is 29.3 Å². The molecule has 0 unspecified atom stereocenters. The largest absolute Gasteiger partial charge is 0.505 e. The number of rotatable bonds is 1. The molecule has 2 N–H and O–H groups in total. The highest BCUT2D eigenvalue weighted by Crippen LogP contribution is 2.55. The average molecular weight is 282 g/mol. The SMILES string of the molecule is C[C@]12CC[C@@H](c3ccc(O)c(F)c3F)C[C@@H]1CC[C@@H]2O. The third kappa shape index (κ3) is 1.93. The molecule has 4 heteroatoms. The predicted molar refractivity (Wildman–Crippen MR) is 71.5 cm³/mol. The Hall–Kier alpha value is -1.16. The van der Waals surface area contributed by atoms with Gasteiger partial charge >= 0.3 is 0 Å². The van der Waals surface area contributed by atoms with Gasteiger partial charge in [-0.15, -0.1) is 0 Å². The molecule has 0 saturated heterocycles. The highest BCUT2D eigenvalue weighted by atomic mass is 19.2. The maximum Gasteiger partial charge on any atom is 0.200 e. The number of aliphatic hydroxyl groups excluding tert-OH is 1. The Morgan fingerprint density at radius 1 is 1.15 bits per heavy atom. The molecule has 0 aliphatic heterocycles. The highest BCUT2D eigenvalue weighted by molar-refractivity contribution is 5.32. The van der Waals surface area contributed by atoms with Gasteiger partial charge in [0, 0.05) is 0 Å². The lowest BCUT2D eigenvalue weighted by molar-refractivity contribution is 0.00839. The molecule has 1 aromatic carbocycles. The second-order valence-electron chi connectivity index (χ2n) is 6.57. The fourth-order valence-corrected chi connectivity index (χ4v) is 4.15. The number of aromatic hydroxyl groups is 1. The molecule has 0 aromatic heterocycles. The lowest BCUT2D eigenvalue weighted by atomic mass is 9.64. The fourth-order valence-electron chi connectivity index (χ4n) is 4.15. The van der Waals surface area contributed by atoms with Gasteiger partial charge in [-0.2, -0.15) is 4.39 Å². The van der Waals surface area contributed by atoms with Crippen molar-refractivity contribution in [2.24, 2.45) is 11.3 Å². The highest BCUT2D eigenvalue weighted by Gasteiger charge is 2.49. The van der Waals surface area contributed by atoms with Crippen LogP contribution in [-0.4, -0.2) is 16.3 Å². The van der Waals surface area contributed by atoms with E-state index in [-0.39, 0.29) is 17.4 Å². The molecule has 2 nitrogen and oxygen atoms in total. The van der Waals surface area contributed by atoms with E-state index >= 15 is 0 Å². The van der Waals surface area contributed by atoms with E-state index in [0.717, 1.165) is 32.1 Å². The monoisotopic (exact) mass is 282 g/mol. The van der Waals surface area contributed by atoms with Crippen LogP contribution in [0.15, 0.2) is 12.1 Å². The summed E-state index contributed by atoms with van der Waals surface area (Å²) >= 11 is 0. The number of phenols is 1. The molecule has 0 bridgehead atoms. The molecule has 110 valence electrons. The van der Waals surface area contributed by atoms with E-state index in [9.17, 15) is 19.0 Å². The number of benzene rings is 1. The Morgan fingerprint density at radius 2 is 1.90 bits per heavy atom. The zero-order valence-corrected chi connectivity index (χ0v) is 11.6. The van der Waals surface area contributed by atoms with Crippen molar-refractivity contribution in [3.8, 4) is 5.75 Å². The number of phenolic OH excluding ortho intramolecular Hbond substituents is 1. The van der Waals surface area contributed by atoms with Crippen LogP contribution in [0, 0.1) is 23.0 Å². The molecule has 0 spiro atoms. The zero-order chi connectivity index (χ0) is 14.5. The van der Waals surface area contributed by atoms with Gasteiger partial charge < -0.3 is 10.2 Å². The predicted octanol–water partition coefficient (Wildman–Crippen LogP) is 3.72. The fraction of sp³-hybridized carbons (Fsp3) is 0.625. The number of hydrogen-bond donors (Lipinski definition) is 2. The summed E-state index contributed by atoms with van der Waals surface area (Å²) in [4.78, 5) is 0. The Balaban J connectivity index is 1.86. The normalized spacial score (nSPS) is 36.9. The molecule has 20 heavy (non-hydrogen) atoms. The summed E-state index contributed by atoms with van der Waals surface area (Å²) in [5, 5.41) is 19.3. The minimum atomic E-state index is -1.15. The molecule has 4 atom stereocenters. The summed E-state index contributed by atoms with van der Waals surface area (Å²) in [6, 6.07) is 2.72. The van der Waals surface area contributed by atoms with Gasteiger partial charge in [0.2, 0.25) is 5.82 Å². The minimum absolute atomic E-state index is 0.0199. The van der Waals surface area contributed by atoms with Crippen LogP contribution in [0.2, 0.25) is 0 Å². The quantitative estimate of drug-likeness (QED) is 0.824. The van der Waals surface area contributed by atoms with Crippen LogP contribution in [0.5, 0.6) is 5.75 Å². The van der Waals surface area contributed by atoms with Crippen molar-refractivity contribution < 1.29 is 19.0 Å². The molecule has 0 heterocycles. The van der Waals surface area contributed by atoms with Crippen molar-refractivity contribution in [2.45, 2.75) is 51.0 Å². The van der Waals surface area contributed by atoms with Gasteiger partial charge in [0.05, 0.1) is 6.10 Å². The molecule has 3 rings (SSSR count). The minimum Gasteiger partial charge on any atom is -0.505 e. The first-order valence-electron chi connectivity index (χ1n) is 7.28. The van der Waals surface area contributed by atoms with Gasteiger partial charge in [0.1, 0.15) is 0 Å². The van der Waals surface area contributed by atoms with E-state index in [2.05, 4.69) is 6.92 Å². The Bertz CT molecular complexity index is 531. The van der Waals surface area contributed by atoms with Gasteiger partial charge in [-0.1, -0.05) is 13.0 Å². The molecular weight excluding hydrogens is 262 g/mol. The van der Waals surface area contributed by atoms with Gasteiger partial charge in [-0.3, -0.25) is 0 Å². The summed E-state index contributed by atoms with van der Waals surface area (Å²) in [5.74, 6) is -2.36. The number of halogens is 2. The van der Waals surface area contributed by atoms with Crippen molar-refractivity contribution in [3.63, 3.8) is 0 Å². The van der Waals surface area contributed by atoms with Gasteiger partial charge in [-0.25, -0.2) is 4.39 Å². The maximum atomic E-state index is 14.0. The van der Waals surface area contributed by atoms with Crippen LogP contribution in [0.25, 0.3) is 0 Å². The van der Waals surface area contributed by atoms with Crippen LogP contribution in [-0.2, 0) is 0 Å². The van der Waals surface area contributed by atoms with Gasteiger partial charge in [-0.05, 0) is 61.0 Å². The standard InChI is InChI=1S/C16H20F2O2/c1-16-7-6-9(8-10(16)2-5-13(16)20)11-3-4-12(19)15(18)14(11)17/h3-4,9-10,13,19-20H,2,5-8H2,1H3/t9-,10+,13+,16+/m1/s1. The Morgan fingerprint density at radius 3 is 2.65 bits per heavy atom. The zero-order valence-electron chi connectivity index (χ0n) is 11.6. The van der Waals surface area contributed by atoms with E-state index in [1.165, 1.54) is 12.1 Å². The van der Waals surface area contributed by atoms with Crippen molar-refractivity contribution in [2.75, 3.05) is 0 Å². The summed E-state index contributed by atoms with van der Waals surface area (Å²) < 4.78 is 27.5. The van der Waals surface area contributed by atoms with Crippen molar-refractivity contribution >= 4 is 0 Å². The summed E-state index contributed by atoms with van der Waals surface area (Å²) in [6.07, 6.45) is 3.87. The van der Waals surface area contributed by atoms with Crippen LogP contribution in [0.1, 0.15) is 50.5 Å². The lowest BCUT2D eigenvalue weighted by Gasteiger charge is -2.42.